The van der Waals surface area contributed by atoms with E-state index in [1.54, 1.807) is 17.6 Å². The van der Waals surface area contributed by atoms with Gasteiger partial charge in [-0.1, -0.05) is 0 Å². The smallest absolute Gasteiger partial charge is 0.416 e. The van der Waals surface area contributed by atoms with Gasteiger partial charge in [0.05, 0.1) is 16.8 Å². The number of rotatable bonds is 4. The van der Waals surface area contributed by atoms with Crippen LogP contribution in [-0.2, 0) is 12.7 Å². The van der Waals surface area contributed by atoms with Gasteiger partial charge in [-0.15, -0.1) is 0 Å². The van der Waals surface area contributed by atoms with Crippen LogP contribution in [0.3, 0.4) is 0 Å². The van der Waals surface area contributed by atoms with Gasteiger partial charge in [-0.25, -0.2) is 9.18 Å². The van der Waals surface area contributed by atoms with Crippen LogP contribution < -0.4 is 15.6 Å². The van der Waals surface area contributed by atoms with Gasteiger partial charge in [-0.3, -0.25) is 4.79 Å². The summed E-state index contributed by atoms with van der Waals surface area (Å²) in [6, 6.07) is 7.18. The number of anilines is 2. The highest BCUT2D eigenvalue weighted by Gasteiger charge is 2.30. The molecule has 190 valence electrons. The van der Waals surface area contributed by atoms with Crippen molar-refractivity contribution in [1.29, 1.82) is 0 Å². The minimum atomic E-state index is -4.42. The summed E-state index contributed by atoms with van der Waals surface area (Å²) < 4.78 is 54.9. The molecule has 7 nitrogen and oxygen atoms in total. The largest absolute Gasteiger partial charge is 0.477 e. The monoisotopic (exact) mass is 522 g/mol. The van der Waals surface area contributed by atoms with Crippen molar-refractivity contribution in [3.63, 3.8) is 0 Å². The second-order valence-electron chi connectivity index (χ2n) is 8.26. The number of alkyl halides is 3. The third-order valence-corrected chi connectivity index (χ3v) is 6.45. The Morgan fingerprint density at radius 3 is 2.31 bits per heavy atom. The van der Waals surface area contributed by atoms with Gasteiger partial charge in [-0.2, -0.15) is 13.2 Å². The van der Waals surface area contributed by atoms with Crippen molar-refractivity contribution in [1.82, 2.24) is 9.47 Å². The Balaban J connectivity index is 1.49. The van der Waals surface area contributed by atoms with Crippen molar-refractivity contribution in [2.75, 3.05) is 36.4 Å². The van der Waals surface area contributed by atoms with Crippen LogP contribution >= 0.6 is 12.2 Å². The molecule has 1 saturated heterocycles. The topological polar surface area (TPSA) is 77.8 Å². The summed E-state index contributed by atoms with van der Waals surface area (Å²) in [5, 5.41) is 12.6. The molecule has 0 radical (unpaired) electrons. The number of hydrogen-bond donors (Lipinski definition) is 2. The predicted octanol–water partition coefficient (Wildman–Crippen LogP) is 4.40. The number of fused-ring (bicyclic) bond motifs is 1. The average Bonchev–Trinajstić information content (AvgIpc) is 2.84. The van der Waals surface area contributed by atoms with Gasteiger partial charge in [-0.05, 0) is 55.5 Å². The normalized spacial score (nSPS) is 14.2. The molecule has 4 rings (SSSR count). The number of aromatic carboxylic acids is 1. The number of carboxylic acids is 1. The molecule has 1 aliphatic rings. The molecule has 1 fully saturated rings. The molecule has 2 heterocycles. The molecule has 3 aromatic rings. The number of carboxylic acid groups (broad SMARTS) is 1. The van der Waals surface area contributed by atoms with Crippen molar-refractivity contribution >= 4 is 45.6 Å². The summed E-state index contributed by atoms with van der Waals surface area (Å²) in [7, 11) is 0. The highest BCUT2D eigenvalue weighted by molar-refractivity contribution is 7.80. The maximum absolute atomic E-state index is 15.0. The van der Waals surface area contributed by atoms with Gasteiger partial charge in [0.2, 0.25) is 5.43 Å². The fourth-order valence-corrected chi connectivity index (χ4v) is 4.45. The van der Waals surface area contributed by atoms with Crippen LogP contribution in [0.15, 0.2) is 47.4 Å². The second-order valence-corrected chi connectivity index (χ2v) is 8.65. The van der Waals surface area contributed by atoms with Gasteiger partial charge < -0.3 is 24.8 Å². The third-order valence-electron chi connectivity index (χ3n) is 6.09. The van der Waals surface area contributed by atoms with Gasteiger partial charge in [0.25, 0.3) is 0 Å². The molecule has 1 aliphatic heterocycles. The first-order valence-electron chi connectivity index (χ1n) is 11.1. The van der Waals surface area contributed by atoms with E-state index < -0.39 is 34.5 Å². The third kappa shape index (κ3) is 4.99. The summed E-state index contributed by atoms with van der Waals surface area (Å²) in [6.45, 7) is 3.86. The Morgan fingerprint density at radius 1 is 1.11 bits per heavy atom. The van der Waals surface area contributed by atoms with Crippen molar-refractivity contribution in [3.8, 4) is 0 Å². The lowest BCUT2D eigenvalue weighted by molar-refractivity contribution is -0.137. The summed E-state index contributed by atoms with van der Waals surface area (Å²) in [5.41, 5.74) is -0.762. The van der Waals surface area contributed by atoms with E-state index in [9.17, 15) is 27.9 Å². The Labute approximate surface area is 208 Å². The molecule has 0 amide bonds. The van der Waals surface area contributed by atoms with E-state index in [1.807, 2.05) is 9.80 Å². The van der Waals surface area contributed by atoms with E-state index in [0.29, 0.717) is 49.0 Å². The van der Waals surface area contributed by atoms with Crippen LogP contribution in [0.25, 0.3) is 10.9 Å². The van der Waals surface area contributed by atoms with Crippen molar-refractivity contribution < 1.29 is 27.5 Å². The maximum Gasteiger partial charge on any atom is 0.416 e. The van der Waals surface area contributed by atoms with Crippen LogP contribution in [0.1, 0.15) is 22.8 Å². The minimum Gasteiger partial charge on any atom is -0.477 e. The lowest BCUT2D eigenvalue weighted by Crippen LogP contribution is -2.50. The number of aromatic nitrogens is 1. The Bertz CT molecular complexity index is 1380. The fourth-order valence-electron chi connectivity index (χ4n) is 4.15. The van der Waals surface area contributed by atoms with E-state index >= 15 is 4.39 Å². The summed E-state index contributed by atoms with van der Waals surface area (Å²) in [4.78, 5) is 27.6. The number of thiocarbonyl (C=S) groups is 1. The number of pyridine rings is 1. The van der Waals surface area contributed by atoms with Gasteiger partial charge in [0.1, 0.15) is 11.4 Å². The average molecular weight is 523 g/mol. The summed E-state index contributed by atoms with van der Waals surface area (Å²) in [6.07, 6.45) is -3.16. The molecule has 2 aromatic carbocycles. The first kappa shape index (κ1) is 25.4. The number of carbonyl (C=O) groups is 1. The van der Waals surface area contributed by atoms with Crippen LogP contribution in [0, 0.1) is 5.82 Å². The molecule has 36 heavy (non-hydrogen) atoms. The van der Waals surface area contributed by atoms with Crippen molar-refractivity contribution in [2.24, 2.45) is 0 Å². The fraction of sp³-hybridized carbons (Fsp3) is 0.292. The minimum absolute atomic E-state index is 0.00134. The van der Waals surface area contributed by atoms with Crippen LogP contribution in [-0.4, -0.2) is 51.8 Å². The molecule has 0 bridgehead atoms. The molecule has 0 aliphatic carbocycles. The van der Waals surface area contributed by atoms with Crippen LogP contribution in [0.4, 0.5) is 28.9 Å². The van der Waals surface area contributed by atoms with E-state index in [2.05, 4.69) is 5.32 Å². The maximum atomic E-state index is 15.0. The number of piperazine rings is 1. The molecule has 0 saturated carbocycles. The highest BCUT2D eigenvalue weighted by atomic mass is 32.1. The van der Waals surface area contributed by atoms with Crippen LogP contribution in [0.5, 0.6) is 0 Å². The predicted molar refractivity (Wildman–Crippen MR) is 132 cm³/mol. The number of hydrogen-bond acceptors (Lipinski definition) is 4. The Kier molecular flexibility index (Phi) is 6.90. The first-order valence-corrected chi connectivity index (χ1v) is 11.5. The molecular weight excluding hydrogens is 500 g/mol. The van der Waals surface area contributed by atoms with E-state index in [1.165, 1.54) is 18.3 Å². The van der Waals surface area contributed by atoms with Crippen molar-refractivity contribution in [2.45, 2.75) is 19.6 Å². The molecule has 2 N–H and O–H groups in total. The quantitative estimate of drug-likeness (QED) is 0.389. The van der Waals surface area contributed by atoms with Gasteiger partial charge in [0, 0.05) is 50.0 Å². The second kappa shape index (κ2) is 9.76. The van der Waals surface area contributed by atoms with Gasteiger partial charge >= 0.3 is 12.1 Å². The number of nitrogens with one attached hydrogen (secondary N) is 1. The lowest BCUT2D eigenvalue weighted by atomic mass is 10.1. The molecule has 0 unspecified atom stereocenters. The number of halogens is 4. The zero-order chi connectivity index (χ0) is 26.2. The van der Waals surface area contributed by atoms with E-state index in [4.69, 9.17) is 12.2 Å². The van der Waals surface area contributed by atoms with E-state index in [-0.39, 0.29) is 11.1 Å². The first-order chi connectivity index (χ1) is 17.0. The number of nitrogens with zero attached hydrogens (tertiary/aromatic N) is 3. The standard InChI is InChI=1S/C24H22F4N4O3S/c1-2-30-13-17(22(34)35)21(33)16-11-18(25)20(12-19(16)30)31-7-9-32(10-8-31)23(36)29-15-5-3-14(4-6-15)24(26,27)28/h3-6,11-13H,2,7-10H2,1H3,(H,29,36)(H,34,35). The Morgan fingerprint density at radius 2 is 1.75 bits per heavy atom. The zero-order valence-corrected chi connectivity index (χ0v) is 19.9. The van der Waals surface area contributed by atoms with Crippen LogP contribution in [0.2, 0.25) is 0 Å². The number of aryl methyl sites for hydroxylation is 1. The summed E-state index contributed by atoms with van der Waals surface area (Å²) >= 11 is 5.40. The highest BCUT2D eigenvalue weighted by Crippen LogP contribution is 2.30. The Hall–Kier alpha value is -3.67. The van der Waals surface area contributed by atoms with Gasteiger partial charge in [0.15, 0.2) is 5.11 Å². The molecule has 0 atom stereocenters. The molecule has 0 spiro atoms. The van der Waals surface area contributed by atoms with Crippen molar-refractivity contribution in [3.05, 3.63) is 69.8 Å². The number of benzene rings is 2. The molecular formula is C24H22F4N4O3S. The zero-order valence-electron chi connectivity index (χ0n) is 19.1. The SMILES string of the molecule is CCn1cc(C(=O)O)c(=O)c2cc(F)c(N3CCN(C(=S)Nc4ccc(C(F)(F)F)cc4)CC3)cc21. The molecule has 1 aromatic heterocycles. The lowest BCUT2D eigenvalue weighted by Gasteiger charge is -2.37. The molecule has 12 heteroatoms. The summed E-state index contributed by atoms with van der Waals surface area (Å²) in [5.74, 6) is -2.01. The van der Waals surface area contributed by atoms with E-state index in [0.717, 1.165) is 18.2 Å².